The summed E-state index contributed by atoms with van der Waals surface area (Å²) in [6.45, 7) is -5.13. The summed E-state index contributed by atoms with van der Waals surface area (Å²) in [7, 11) is -22.0. The van der Waals surface area contributed by atoms with Gasteiger partial charge in [0.2, 0.25) is 0 Å². The summed E-state index contributed by atoms with van der Waals surface area (Å²) >= 11 is 0. The van der Waals surface area contributed by atoms with Crippen LogP contribution in [0.25, 0.3) is 0 Å². The normalized spacial score (nSPS) is 43.2. The molecule has 0 aromatic carbocycles. The number of hydrogen-bond acceptors (Lipinski definition) is 29. The Kier molecular flexibility index (Phi) is 17.7. The molecular weight excluding hydrogens is 944 g/mol. The van der Waals surface area contributed by atoms with E-state index in [9.17, 15) is 98.4 Å². The Bertz CT molecular complexity index is 1880. The van der Waals surface area contributed by atoms with Gasteiger partial charge in [0.05, 0.1) is 26.4 Å². The minimum absolute atomic E-state index is 1.20. The minimum Gasteiger partial charge on any atom is -0.394 e. The van der Waals surface area contributed by atoms with Crippen molar-refractivity contribution in [3.8, 4) is 0 Å². The Morgan fingerprint density at radius 3 is 1.23 bits per heavy atom. The van der Waals surface area contributed by atoms with Crippen LogP contribution in [0.1, 0.15) is 0 Å². The molecule has 0 aliphatic carbocycles. The van der Waals surface area contributed by atoms with E-state index in [4.69, 9.17) is 37.7 Å². The molecule has 4 fully saturated rings. The van der Waals surface area contributed by atoms with Crippen LogP contribution in [-0.4, -0.2) is 252 Å². The highest BCUT2D eigenvalue weighted by Gasteiger charge is 2.57. The number of hydrogen-bond donors (Lipinski definition) is 14. The fraction of sp³-hybridized carbons (Fsp3) is 1.00. The van der Waals surface area contributed by atoms with Crippen LogP contribution in [-0.2, 0) is 91.5 Å². The quantitative estimate of drug-likeness (QED) is 0.0567. The SMILES string of the molecule is O=S(=O)(O)OC[C@@H]1O[C@H](OC2[C@@H](CO)O[C@H](OC3[C@@H](CO)O[C@H](O)[C@H](O)[C@H]3OS(=O)(=O)O)[C@H](OS(=O)(=O)O)[C@H]2O)[C@H](O)[C@@H](O)C1O[C@H]1O[C@H](CO)[C@@H](OS(=O)(=O)O)[C@H](O)[C@H]1O. The third-order valence-electron chi connectivity index (χ3n) is 9.02. The molecule has 14 N–H and O–H groups in total. The van der Waals surface area contributed by atoms with Gasteiger partial charge in [0, 0.05) is 0 Å². The molecule has 0 aromatic heterocycles. The van der Waals surface area contributed by atoms with Crippen LogP contribution in [0.2, 0.25) is 0 Å². The molecule has 0 amide bonds. The van der Waals surface area contributed by atoms with Crippen molar-refractivity contribution < 1.29 is 153 Å². The lowest BCUT2D eigenvalue weighted by atomic mass is 9.95. The standard InChI is InChI=1S/C24H42O33S4/c25-1-5-15(13(32)20(57-61(44,45)46)24(50-5)54-18-7(3-27)48-21(34)14(33)19(18)56-60(41,42)43)52-23-11(30)9(28)16(8(51-23)4-47-58(35,36)37)53-22-12(31)10(29)17(6(2-26)49-22)55-59(38,39)40/h5-34H,1-4H2,(H,35,36,37)(H,38,39,40)(H,41,42,43)(H,44,45,46)/t5-,6-,7-,8+,9-,10-,11-,12-,13+,14-,15?,16?,17-,18?,19-,20-,21+,22-,23-,24-/m1/s1. The predicted molar refractivity (Wildman–Crippen MR) is 176 cm³/mol. The highest BCUT2D eigenvalue weighted by molar-refractivity contribution is 7.81. The third-order valence-corrected chi connectivity index (χ3v) is 10.9. The van der Waals surface area contributed by atoms with Crippen LogP contribution in [0.3, 0.4) is 0 Å². The molecule has 20 atom stereocenters. The smallest absolute Gasteiger partial charge is 0.394 e. The van der Waals surface area contributed by atoms with Gasteiger partial charge < -0.3 is 84.2 Å². The van der Waals surface area contributed by atoms with Crippen LogP contribution >= 0.6 is 0 Å². The Labute approximate surface area is 343 Å². The van der Waals surface area contributed by atoms with E-state index < -0.39 is 191 Å². The van der Waals surface area contributed by atoms with E-state index in [0.717, 1.165) is 0 Å². The molecule has 4 saturated heterocycles. The molecular formula is C24H42O33S4. The van der Waals surface area contributed by atoms with Crippen molar-refractivity contribution in [1.82, 2.24) is 0 Å². The first-order valence-corrected chi connectivity index (χ1v) is 22.2. The molecule has 4 heterocycles. The lowest BCUT2D eigenvalue weighted by molar-refractivity contribution is -0.384. The molecule has 37 heteroatoms. The molecule has 61 heavy (non-hydrogen) atoms. The van der Waals surface area contributed by atoms with Gasteiger partial charge in [-0.05, 0) is 0 Å². The van der Waals surface area contributed by atoms with Gasteiger partial charge in [0.15, 0.2) is 31.3 Å². The zero-order valence-electron chi connectivity index (χ0n) is 30.0. The second kappa shape index (κ2) is 20.5. The van der Waals surface area contributed by atoms with Crippen molar-refractivity contribution in [2.24, 2.45) is 0 Å². The maximum Gasteiger partial charge on any atom is 0.397 e. The van der Waals surface area contributed by atoms with Gasteiger partial charge in [-0.2, -0.15) is 33.7 Å². The lowest BCUT2D eigenvalue weighted by Gasteiger charge is -2.49. The zero-order chi connectivity index (χ0) is 46.2. The number of ether oxygens (including phenoxy) is 7. The molecule has 0 spiro atoms. The number of aliphatic hydroxyl groups excluding tert-OH is 10. The number of rotatable bonds is 18. The first-order chi connectivity index (χ1) is 28.0. The van der Waals surface area contributed by atoms with Crippen molar-refractivity contribution in [2.45, 2.75) is 123 Å². The fourth-order valence-corrected chi connectivity index (χ4v) is 8.21. The Morgan fingerprint density at radius 1 is 0.377 bits per heavy atom. The van der Waals surface area contributed by atoms with E-state index in [0.29, 0.717) is 0 Å². The molecule has 0 radical (unpaired) electrons. The van der Waals surface area contributed by atoms with E-state index in [1.165, 1.54) is 0 Å². The second-order valence-corrected chi connectivity index (χ2v) is 17.4. The molecule has 4 aliphatic rings. The van der Waals surface area contributed by atoms with Crippen LogP contribution in [0.15, 0.2) is 0 Å². The van der Waals surface area contributed by atoms with Crippen LogP contribution in [0.4, 0.5) is 0 Å². The van der Waals surface area contributed by atoms with E-state index in [2.05, 4.69) is 16.7 Å². The van der Waals surface area contributed by atoms with Crippen molar-refractivity contribution in [2.75, 3.05) is 26.4 Å². The third kappa shape index (κ3) is 13.7. The zero-order valence-corrected chi connectivity index (χ0v) is 33.3. The van der Waals surface area contributed by atoms with E-state index >= 15 is 0 Å². The van der Waals surface area contributed by atoms with Crippen molar-refractivity contribution >= 4 is 41.6 Å². The summed E-state index contributed by atoms with van der Waals surface area (Å²) in [6.07, 6.45) is -46.5. The summed E-state index contributed by atoms with van der Waals surface area (Å²) in [4.78, 5) is 0. The van der Waals surface area contributed by atoms with E-state index in [-0.39, 0.29) is 0 Å². The summed E-state index contributed by atoms with van der Waals surface area (Å²) in [6, 6.07) is 0. The summed E-state index contributed by atoms with van der Waals surface area (Å²) < 4.78 is 184. The largest absolute Gasteiger partial charge is 0.397 e. The van der Waals surface area contributed by atoms with Gasteiger partial charge in [-0.1, -0.05) is 0 Å². The van der Waals surface area contributed by atoms with Crippen LogP contribution < -0.4 is 0 Å². The average molecular weight is 987 g/mol. The molecule has 4 rings (SSSR count). The Balaban J connectivity index is 1.63. The van der Waals surface area contributed by atoms with Gasteiger partial charge in [0.1, 0.15) is 91.6 Å². The monoisotopic (exact) mass is 986 g/mol. The first kappa shape index (κ1) is 52.4. The van der Waals surface area contributed by atoms with E-state index in [1.807, 2.05) is 0 Å². The van der Waals surface area contributed by atoms with Crippen LogP contribution in [0.5, 0.6) is 0 Å². The molecule has 4 aliphatic heterocycles. The van der Waals surface area contributed by atoms with Gasteiger partial charge in [0.25, 0.3) is 0 Å². The van der Waals surface area contributed by atoms with Gasteiger partial charge in [-0.25, -0.2) is 16.7 Å². The topological polar surface area (TPSA) is 521 Å². The lowest BCUT2D eigenvalue weighted by Crippen LogP contribution is -2.68. The Morgan fingerprint density at radius 2 is 0.754 bits per heavy atom. The number of aliphatic hydroxyl groups is 10. The fourth-order valence-electron chi connectivity index (χ4n) is 6.39. The van der Waals surface area contributed by atoms with Crippen molar-refractivity contribution in [3.63, 3.8) is 0 Å². The summed E-state index contributed by atoms with van der Waals surface area (Å²) in [5.74, 6) is 0. The molecule has 360 valence electrons. The molecule has 0 aromatic rings. The maximum atomic E-state index is 11.9. The summed E-state index contributed by atoms with van der Waals surface area (Å²) in [5, 5.41) is 105. The predicted octanol–water partition coefficient (Wildman–Crippen LogP) is -10.4. The Hall–Kier alpha value is -1.20. The van der Waals surface area contributed by atoms with Crippen molar-refractivity contribution in [1.29, 1.82) is 0 Å². The molecule has 0 saturated carbocycles. The van der Waals surface area contributed by atoms with Gasteiger partial charge in [-0.15, -0.1) is 0 Å². The highest BCUT2D eigenvalue weighted by atomic mass is 32.3. The average Bonchev–Trinajstić information content (AvgIpc) is 3.13. The summed E-state index contributed by atoms with van der Waals surface area (Å²) in [5.41, 5.74) is 0. The first-order valence-electron chi connectivity index (χ1n) is 16.7. The van der Waals surface area contributed by atoms with Gasteiger partial charge in [-0.3, -0.25) is 18.2 Å². The minimum atomic E-state index is -5.72. The maximum absolute atomic E-state index is 11.9. The molecule has 0 bridgehead atoms. The van der Waals surface area contributed by atoms with E-state index in [1.54, 1.807) is 0 Å². The molecule has 3 unspecified atom stereocenters. The van der Waals surface area contributed by atoms with Crippen molar-refractivity contribution in [3.05, 3.63) is 0 Å². The molecule has 33 nitrogen and oxygen atoms in total. The van der Waals surface area contributed by atoms with Crippen LogP contribution in [0, 0.1) is 0 Å². The van der Waals surface area contributed by atoms with Gasteiger partial charge >= 0.3 is 41.6 Å². The second-order valence-electron chi connectivity index (χ2n) is 13.2. The highest BCUT2D eigenvalue weighted by Crippen LogP contribution is 2.36.